The highest BCUT2D eigenvalue weighted by Gasteiger charge is 2.30. The molecule has 0 aliphatic rings. The van der Waals surface area contributed by atoms with Crippen molar-refractivity contribution in [2.75, 3.05) is 26.9 Å². The fourth-order valence-electron chi connectivity index (χ4n) is 2.44. The van der Waals surface area contributed by atoms with Crippen LogP contribution in [0, 0.1) is 6.92 Å². The summed E-state index contributed by atoms with van der Waals surface area (Å²) in [4.78, 5) is 0. The van der Waals surface area contributed by atoms with Gasteiger partial charge in [-0.1, -0.05) is 0 Å². The van der Waals surface area contributed by atoms with Gasteiger partial charge < -0.3 is 18.9 Å². The Morgan fingerprint density at radius 2 is 1.52 bits per heavy atom. The fourth-order valence-corrected chi connectivity index (χ4v) is 2.44. The quantitative estimate of drug-likeness (QED) is 0.617. The van der Waals surface area contributed by atoms with E-state index in [9.17, 15) is 13.2 Å². The first-order chi connectivity index (χ1) is 12.8. The van der Waals surface area contributed by atoms with Gasteiger partial charge in [0.15, 0.2) is 0 Å². The largest absolute Gasteiger partial charge is 0.496 e. The highest BCUT2D eigenvalue weighted by Crippen LogP contribution is 2.30. The van der Waals surface area contributed by atoms with Crippen LogP contribution in [0.25, 0.3) is 0 Å². The van der Waals surface area contributed by atoms with Crippen molar-refractivity contribution in [3.8, 4) is 17.2 Å². The zero-order chi connectivity index (χ0) is 19.9. The fraction of sp³-hybridized carbons (Fsp3) is 0.400. The predicted molar refractivity (Wildman–Crippen MR) is 95.6 cm³/mol. The molecule has 0 aliphatic carbocycles. The lowest BCUT2D eigenvalue weighted by Crippen LogP contribution is -2.28. The highest BCUT2D eigenvalue weighted by atomic mass is 19.4. The Balaban J connectivity index is 1.90. The van der Waals surface area contributed by atoms with Crippen molar-refractivity contribution < 1.29 is 32.1 Å². The number of benzene rings is 2. The molecule has 0 spiro atoms. The van der Waals surface area contributed by atoms with Gasteiger partial charge in [0, 0.05) is 6.61 Å². The van der Waals surface area contributed by atoms with Crippen molar-refractivity contribution in [2.24, 2.45) is 0 Å². The molecule has 0 saturated heterocycles. The van der Waals surface area contributed by atoms with Gasteiger partial charge in [-0.05, 0) is 61.9 Å². The number of rotatable bonds is 9. The van der Waals surface area contributed by atoms with E-state index in [0.717, 1.165) is 23.4 Å². The lowest BCUT2D eigenvalue weighted by atomic mass is 10.2. The van der Waals surface area contributed by atoms with Gasteiger partial charge in [-0.2, -0.15) is 13.2 Å². The molecule has 0 radical (unpaired) electrons. The zero-order valence-electron chi connectivity index (χ0n) is 15.5. The summed E-state index contributed by atoms with van der Waals surface area (Å²) >= 11 is 0. The number of hydrogen-bond acceptors (Lipinski definition) is 4. The van der Waals surface area contributed by atoms with Crippen LogP contribution < -0.4 is 14.2 Å². The van der Waals surface area contributed by atoms with E-state index in [2.05, 4.69) is 0 Å². The van der Waals surface area contributed by atoms with Gasteiger partial charge in [-0.15, -0.1) is 0 Å². The number of alkyl halides is 3. The molecule has 0 heterocycles. The third kappa shape index (κ3) is 6.36. The Morgan fingerprint density at radius 3 is 2.04 bits per heavy atom. The Kier molecular flexibility index (Phi) is 7.36. The Morgan fingerprint density at radius 1 is 0.926 bits per heavy atom. The molecule has 1 atom stereocenters. The summed E-state index contributed by atoms with van der Waals surface area (Å²) in [5, 5.41) is 0. The van der Waals surface area contributed by atoms with E-state index >= 15 is 0 Å². The second-order valence-electron chi connectivity index (χ2n) is 5.85. The average molecular weight is 384 g/mol. The maximum absolute atomic E-state index is 12.6. The number of methoxy groups -OCH3 is 1. The lowest BCUT2D eigenvalue weighted by Gasteiger charge is -2.19. The maximum Gasteiger partial charge on any atom is 0.416 e. The van der Waals surface area contributed by atoms with Gasteiger partial charge in [0.1, 0.15) is 36.6 Å². The number of hydrogen-bond donors (Lipinski definition) is 0. The Labute approximate surface area is 156 Å². The Bertz CT molecular complexity index is 714. The van der Waals surface area contributed by atoms with Gasteiger partial charge in [0.2, 0.25) is 0 Å². The average Bonchev–Trinajstić information content (AvgIpc) is 2.63. The molecule has 2 aromatic rings. The zero-order valence-corrected chi connectivity index (χ0v) is 15.5. The minimum absolute atomic E-state index is 0.161. The normalized spacial score (nSPS) is 12.5. The van der Waals surface area contributed by atoms with Crippen molar-refractivity contribution in [1.29, 1.82) is 0 Å². The topological polar surface area (TPSA) is 36.9 Å². The first-order valence-corrected chi connectivity index (χ1v) is 8.52. The van der Waals surface area contributed by atoms with E-state index in [0.29, 0.717) is 18.1 Å². The molecule has 0 amide bonds. The van der Waals surface area contributed by atoms with Crippen molar-refractivity contribution in [3.05, 3.63) is 53.6 Å². The molecule has 0 saturated carbocycles. The molecule has 0 fully saturated rings. The van der Waals surface area contributed by atoms with Crippen LogP contribution >= 0.6 is 0 Å². The van der Waals surface area contributed by atoms with Gasteiger partial charge in [-0.25, -0.2) is 0 Å². The van der Waals surface area contributed by atoms with Crippen LogP contribution in [0.1, 0.15) is 18.1 Å². The minimum Gasteiger partial charge on any atom is -0.496 e. The third-order valence-corrected chi connectivity index (χ3v) is 3.82. The number of aryl methyl sites for hydroxylation is 1. The van der Waals surface area contributed by atoms with Crippen LogP contribution in [0.4, 0.5) is 13.2 Å². The second-order valence-corrected chi connectivity index (χ2v) is 5.85. The van der Waals surface area contributed by atoms with Crippen LogP contribution in [-0.2, 0) is 10.9 Å². The Hall–Kier alpha value is -2.41. The van der Waals surface area contributed by atoms with Crippen LogP contribution in [-0.4, -0.2) is 33.0 Å². The smallest absolute Gasteiger partial charge is 0.416 e. The number of halogens is 3. The molecule has 27 heavy (non-hydrogen) atoms. The molecule has 4 nitrogen and oxygen atoms in total. The summed E-state index contributed by atoms with van der Waals surface area (Å²) in [5.74, 6) is 1.79. The van der Waals surface area contributed by atoms with E-state index in [1.165, 1.54) is 12.1 Å². The molecule has 0 bridgehead atoms. The van der Waals surface area contributed by atoms with Crippen LogP contribution in [0.2, 0.25) is 0 Å². The van der Waals surface area contributed by atoms with Crippen molar-refractivity contribution >= 4 is 0 Å². The second kappa shape index (κ2) is 9.50. The lowest BCUT2D eigenvalue weighted by molar-refractivity contribution is -0.137. The van der Waals surface area contributed by atoms with Crippen LogP contribution in [0.3, 0.4) is 0 Å². The summed E-state index contributed by atoms with van der Waals surface area (Å²) in [6.45, 7) is 4.64. The molecular formula is C20H23F3O4. The standard InChI is InChI=1S/C20H23F3O4/c1-4-25-18(13-27-17-9-10-19(24-3)14(2)11-17)12-26-16-7-5-15(6-8-16)20(21,22)23/h5-11,18H,4,12-13H2,1-3H3. The predicted octanol–water partition coefficient (Wildman–Crippen LogP) is 4.89. The summed E-state index contributed by atoms with van der Waals surface area (Å²) in [7, 11) is 1.60. The summed E-state index contributed by atoms with van der Waals surface area (Å²) in [5.41, 5.74) is 0.235. The molecule has 2 aromatic carbocycles. The SMILES string of the molecule is CCOC(COc1ccc(C(F)(F)F)cc1)COc1ccc(OC)c(C)c1. The molecule has 7 heteroatoms. The van der Waals surface area contributed by atoms with Gasteiger partial charge in [0.05, 0.1) is 12.7 Å². The highest BCUT2D eigenvalue weighted by molar-refractivity contribution is 5.39. The maximum atomic E-state index is 12.6. The molecule has 1 unspecified atom stereocenters. The van der Waals surface area contributed by atoms with Gasteiger partial charge in [0.25, 0.3) is 0 Å². The van der Waals surface area contributed by atoms with Crippen molar-refractivity contribution in [2.45, 2.75) is 26.1 Å². The molecule has 0 N–H and O–H groups in total. The van der Waals surface area contributed by atoms with E-state index < -0.39 is 11.7 Å². The summed E-state index contributed by atoms with van der Waals surface area (Å²) in [6.07, 6.45) is -4.73. The van der Waals surface area contributed by atoms with Gasteiger partial charge >= 0.3 is 6.18 Å². The summed E-state index contributed by atoms with van der Waals surface area (Å²) < 4.78 is 59.8. The molecular weight excluding hydrogens is 361 g/mol. The summed E-state index contributed by atoms with van der Waals surface area (Å²) in [6, 6.07) is 10.0. The van der Waals surface area contributed by atoms with E-state index in [-0.39, 0.29) is 19.3 Å². The molecule has 0 aromatic heterocycles. The first kappa shape index (κ1) is 20.9. The van der Waals surface area contributed by atoms with Gasteiger partial charge in [-0.3, -0.25) is 0 Å². The molecule has 148 valence electrons. The molecule has 2 rings (SSSR count). The minimum atomic E-state index is -4.36. The van der Waals surface area contributed by atoms with Crippen molar-refractivity contribution in [1.82, 2.24) is 0 Å². The molecule has 0 aliphatic heterocycles. The van der Waals surface area contributed by atoms with E-state index in [1.807, 2.05) is 26.0 Å². The van der Waals surface area contributed by atoms with E-state index in [4.69, 9.17) is 18.9 Å². The number of ether oxygens (including phenoxy) is 4. The van der Waals surface area contributed by atoms with Crippen molar-refractivity contribution in [3.63, 3.8) is 0 Å². The van der Waals surface area contributed by atoms with Crippen LogP contribution in [0.15, 0.2) is 42.5 Å². The van der Waals surface area contributed by atoms with E-state index in [1.54, 1.807) is 13.2 Å². The van der Waals surface area contributed by atoms with Crippen LogP contribution in [0.5, 0.6) is 17.2 Å². The monoisotopic (exact) mass is 384 g/mol. The first-order valence-electron chi connectivity index (χ1n) is 8.52. The third-order valence-electron chi connectivity index (χ3n) is 3.82.